The van der Waals surface area contributed by atoms with Gasteiger partial charge >= 0.3 is 5.69 Å². The molecule has 2 rings (SSSR count). The summed E-state index contributed by atoms with van der Waals surface area (Å²) in [5.41, 5.74) is 0.656. The number of thioether (sulfide) groups is 1. The Morgan fingerprint density at radius 3 is 2.72 bits per heavy atom. The van der Waals surface area contributed by atoms with Gasteiger partial charge in [-0.2, -0.15) is 0 Å². The standard InChI is InChI=1S/C18H21F2N3OS/c1-4-7-12(2)10-11-13(3)25-18-22-21-17(24)23(18)15-9-6-5-8-14(15)16(19)20/h5-6,8-11,16H,4,7H2,1-3H3,(H,21,24)/b12-10+,13-11+. The first kappa shape index (κ1) is 19.2. The van der Waals surface area contributed by atoms with Crippen molar-refractivity contribution in [1.29, 1.82) is 0 Å². The third-order valence-corrected chi connectivity index (χ3v) is 4.47. The molecule has 1 heterocycles. The molecule has 134 valence electrons. The Kier molecular flexibility index (Phi) is 6.75. The van der Waals surface area contributed by atoms with E-state index in [4.69, 9.17) is 0 Å². The van der Waals surface area contributed by atoms with Gasteiger partial charge in [0.15, 0.2) is 0 Å². The molecule has 0 aliphatic carbocycles. The number of hydrogen-bond donors (Lipinski definition) is 1. The highest BCUT2D eigenvalue weighted by Gasteiger charge is 2.19. The summed E-state index contributed by atoms with van der Waals surface area (Å²) in [7, 11) is 0. The zero-order valence-electron chi connectivity index (χ0n) is 14.4. The molecule has 0 aliphatic rings. The molecule has 7 heteroatoms. The number of aromatic nitrogens is 3. The maximum absolute atomic E-state index is 13.3. The number of nitrogens with zero attached hydrogens (tertiary/aromatic N) is 2. The first-order chi connectivity index (χ1) is 11.9. The second-order valence-corrected chi connectivity index (χ2v) is 6.86. The van der Waals surface area contributed by atoms with Crippen LogP contribution < -0.4 is 5.69 Å². The summed E-state index contributed by atoms with van der Waals surface area (Å²) in [6.07, 6.45) is 3.38. The van der Waals surface area contributed by atoms with Crippen LogP contribution in [0.15, 0.2) is 56.8 Å². The van der Waals surface area contributed by atoms with Gasteiger partial charge in [0.25, 0.3) is 6.43 Å². The SMILES string of the molecule is CCC/C(C)=C/C=C(\C)Sc1n[nH]c(=O)n1-c1ccccc1C(F)F. The number of halogens is 2. The van der Waals surface area contributed by atoms with Crippen molar-refractivity contribution < 1.29 is 8.78 Å². The lowest BCUT2D eigenvalue weighted by molar-refractivity contribution is 0.151. The Balaban J connectivity index is 2.36. The number of aromatic amines is 1. The third-order valence-electron chi connectivity index (χ3n) is 3.55. The Morgan fingerprint density at radius 2 is 2.04 bits per heavy atom. The lowest BCUT2D eigenvalue weighted by Gasteiger charge is -2.10. The summed E-state index contributed by atoms with van der Waals surface area (Å²) in [4.78, 5) is 13.0. The zero-order chi connectivity index (χ0) is 18.4. The molecule has 1 aromatic heterocycles. The molecule has 0 amide bonds. The monoisotopic (exact) mass is 365 g/mol. The van der Waals surface area contributed by atoms with Crippen molar-refractivity contribution in [2.45, 2.75) is 45.2 Å². The predicted molar refractivity (Wildman–Crippen MR) is 97.4 cm³/mol. The second kappa shape index (κ2) is 8.80. The average molecular weight is 365 g/mol. The van der Waals surface area contributed by atoms with Crippen LogP contribution in [0.2, 0.25) is 0 Å². The highest BCUT2D eigenvalue weighted by atomic mass is 32.2. The molecule has 1 N–H and O–H groups in total. The van der Waals surface area contributed by atoms with Crippen molar-refractivity contribution in [2.75, 3.05) is 0 Å². The lowest BCUT2D eigenvalue weighted by atomic mass is 10.1. The lowest BCUT2D eigenvalue weighted by Crippen LogP contribution is -2.17. The summed E-state index contributed by atoms with van der Waals surface area (Å²) >= 11 is 1.26. The fourth-order valence-electron chi connectivity index (χ4n) is 2.35. The van der Waals surface area contributed by atoms with Crippen molar-refractivity contribution in [1.82, 2.24) is 14.8 Å². The van der Waals surface area contributed by atoms with Crippen LogP contribution in [0.25, 0.3) is 5.69 Å². The van der Waals surface area contributed by atoms with Crippen LogP contribution in [0.4, 0.5) is 8.78 Å². The van der Waals surface area contributed by atoms with E-state index in [1.54, 1.807) is 6.07 Å². The Hall–Kier alpha value is -2.15. The maximum atomic E-state index is 13.3. The topological polar surface area (TPSA) is 50.7 Å². The van der Waals surface area contributed by atoms with E-state index >= 15 is 0 Å². The van der Waals surface area contributed by atoms with Crippen molar-refractivity contribution in [3.05, 3.63) is 62.9 Å². The van der Waals surface area contributed by atoms with E-state index in [0.717, 1.165) is 17.7 Å². The molecule has 25 heavy (non-hydrogen) atoms. The molecule has 0 aliphatic heterocycles. The van der Waals surface area contributed by atoms with E-state index in [9.17, 15) is 13.6 Å². The van der Waals surface area contributed by atoms with Gasteiger partial charge in [-0.1, -0.05) is 61.0 Å². The summed E-state index contributed by atoms with van der Waals surface area (Å²) in [5, 5.41) is 6.65. The molecule has 2 aromatic rings. The van der Waals surface area contributed by atoms with E-state index in [-0.39, 0.29) is 11.3 Å². The molecule has 0 saturated carbocycles. The van der Waals surface area contributed by atoms with E-state index in [0.29, 0.717) is 5.16 Å². The smallest absolute Gasteiger partial charge is 0.246 e. The summed E-state index contributed by atoms with van der Waals surface area (Å²) in [5.74, 6) is 0. The first-order valence-corrected chi connectivity index (χ1v) is 8.82. The molecule has 0 bridgehead atoms. The van der Waals surface area contributed by atoms with Crippen LogP contribution in [0.5, 0.6) is 0 Å². The maximum Gasteiger partial charge on any atom is 0.348 e. The number of nitrogens with one attached hydrogen (secondary N) is 1. The van der Waals surface area contributed by atoms with Gasteiger partial charge < -0.3 is 0 Å². The molecule has 0 unspecified atom stereocenters. The van der Waals surface area contributed by atoms with Gasteiger partial charge in [-0.15, -0.1) is 5.10 Å². The molecule has 0 atom stereocenters. The van der Waals surface area contributed by atoms with Crippen LogP contribution in [0.3, 0.4) is 0 Å². The molecule has 4 nitrogen and oxygen atoms in total. The number of allylic oxidation sites excluding steroid dienone is 4. The number of para-hydroxylation sites is 1. The van der Waals surface area contributed by atoms with Crippen LogP contribution in [0.1, 0.15) is 45.6 Å². The fraction of sp³-hybridized carbons (Fsp3) is 0.333. The summed E-state index contributed by atoms with van der Waals surface area (Å²) in [6, 6.07) is 5.95. The average Bonchev–Trinajstić information content (AvgIpc) is 2.93. The zero-order valence-corrected chi connectivity index (χ0v) is 15.2. The summed E-state index contributed by atoms with van der Waals surface area (Å²) in [6.45, 7) is 6.07. The van der Waals surface area contributed by atoms with Gasteiger partial charge in [0.1, 0.15) is 0 Å². The molecule has 0 spiro atoms. The molecule has 0 saturated heterocycles. The van der Waals surface area contributed by atoms with Gasteiger partial charge in [0, 0.05) is 5.56 Å². The quantitative estimate of drug-likeness (QED) is 0.539. The Bertz CT molecular complexity index is 837. The minimum Gasteiger partial charge on any atom is -0.246 e. The van der Waals surface area contributed by atoms with Crippen molar-refractivity contribution in [3.8, 4) is 5.69 Å². The highest BCUT2D eigenvalue weighted by molar-refractivity contribution is 8.02. The van der Waals surface area contributed by atoms with Crippen LogP contribution in [0, 0.1) is 0 Å². The minimum absolute atomic E-state index is 0.143. The van der Waals surface area contributed by atoms with E-state index in [1.165, 1.54) is 40.1 Å². The van der Waals surface area contributed by atoms with Crippen molar-refractivity contribution in [2.24, 2.45) is 0 Å². The minimum atomic E-state index is -2.67. The third kappa shape index (κ3) is 4.92. The van der Waals surface area contributed by atoms with Gasteiger partial charge in [-0.25, -0.2) is 23.2 Å². The van der Waals surface area contributed by atoms with E-state index < -0.39 is 12.1 Å². The van der Waals surface area contributed by atoms with Gasteiger partial charge in [-0.05, 0) is 31.2 Å². The van der Waals surface area contributed by atoms with E-state index in [1.807, 2.05) is 19.1 Å². The molecular weight excluding hydrogens is 344 g/mol. The highest BCUT2D eigenvalue weighted by Crippen LogP contribution is 2.30. The van der Waals surface area contributed by atoms with Gasteiger partial charge in [0.05, 0.1) is 5.69 Å². The number of H-pyrrole nitrogens is 1. The van der Waals surface area contributed by atoms with Crippen LogP contribution in [-0.4, -0.2) is 14.8 Å². The second-order valence-electron chi connectivity index (χ2n) is 5.65. The van der Waals surface area contributed by atoms with Crippen LogP contribution >= 0.6 is 11.8 Å². The number of hydrogen-bond acceptors (Lipinski definition) is 3. The normalized spacial score (nSPS) is 12.9. The molecule has 1 aromatic carbocycles. The van der Waals surface area contributed by atoms with E-state index in [2.05, 4.69) is 24.0 Å². The Morgan fingerprint density at radius 1 is 1.32 bits per heavy atom. The predicted octanol–water partition coefficient (Wildman–Crippen LogP) is 5.24. The number of alkyl halides is 2. The fourth-order valence-corrected chi connectivity index (χ4v) is 3.14. The summed E-state index contributed by atoms with van der Waals surface area (Å²) < 4.78 is 27.7. The molecule has 0 radical (unpaired) electrons. The first-order valence-electron chi connectivity index (χ1n) is 8.00. The van der Waals surface area contributed by atoms with Crippen LogP contribution in [-0.2, 0) is 0 Å². The largest absolute Gasteiger partial charge is 0.348 e. The van der Waals surface area contributed by atoms with Crippen molar-refractivity contribution >= 4 is 11.8 Å². The molecular formula is C18H21F2N3OS. The molecule has 0 fully saturated rings. The Labute approximate surface area is 149 Å². The number of rotatable bonds is 7. The van der Waals surface area contributed by atoms with Gasteiger partial charge in [0.2, 0.25) is 5.16 Å². The van der Waals surface area contributed by atoms with Crippen molar-refractivity contribution in [3.63, 3.8) is 0 Å². The number of benzene rings is 1. The van der Waals surface area contributed by atoms with Gasteiger partial charge in [-0.3, -0.25) is 0 Å².